The Hall–Kier alpha value is -5.37. The van der Waals surface area contributed by atoms with Gasteiger partial charge in [0.2, 0.25) is 11.8 Å². The Balaban J connectivity index is 1.09. The number of ether oxygens (including phenoxy) is 1. The molecule has 0 spiro atoms. The molecule has 4 aromatic heterocycles. The van der Waals surface area contributed by atoms with Gasteiger partial charge in [0.05, 0.1) is 45.6 Å². The van der Waals surface area contributed by atoms with Crippen molar-refractivity contribution in [2.45, 2.75) is 19.0 Å². The number of alkyl halides is 3. The molecule has 222 valence electrons. The highest BCUT2D eigenvalue weighted by Gasteiger charge is 2.32. The Kier molecular flexibility index (Phi) is 7.89. The Labute approximate surface area is 252 Å². The maximum absolute atomic E-state index is 13.3. The third-order valence-corrected chi connectivity index (χ3v) is 7.56. The van der Waals surface area contributed by atoms with Crippen LogP contribution in [0.25, 0.3) is 21.8 Å². The Morgan fingerprint density at radius 3 is 2.43 bits per heavy atom. The number of hydrogen-bond donors (Lipinski definition) is 2. The van der Waals surface area contributed by atoms with Crippen LogP contribution in [0, 0.1) is 0 Å². The van der Waals surface area contributed by atoms with Crippen LogP contribution in [0.5, 0.6) is 11.6 Å². The minimum absolute atomic E-state index is 0.0715. The van der Waals surface area contributed by atoms with Gasteiger partial charge in [0.1, 0.15) is 5.75 Å². The molecule has 3 amide bonds. The van der Waals surface area contributed by atoms with E-state index in [4.69, 9.17) is 4.74 Å². The highest BCUT2D eigenvalue weighted by molar-refractivity contribution is 7.19. The van der Waals surface area contributed by atoms with Crippen molar-refractivity contribution in [1.82, 2.24) is 19.9 Å². The van der Waals surface area contributed by atoms with Gasteiger partial charge in [-0.3, -0.25) is 19.7 Å². The first-order valence-electron chi connectivity index (χ1n) is 13.3. The molecule has 0 unspecified atom stereocenters. The fourth-order valence-corrected chi connectivity index (χ4v) is 5.34. The predicted molar refractivity (Wildman–Crippen MR) is 159 cm³/mol. The zero-order chi connectivity index (χ0) is 30.7. The summed E-state index contributed by atoms with van der Waals surface area (Å²) in [5.41, 5.74) is 0.588. The lowest BCUT2D eigenvalue weighted by Gasteiger charge is -2.14. The summed E-state index contributed by atoms with van der Waals surface area (Å²) in [6, 6.07) is 15.2. The average molecular weight is 618 g/mol. The SMILES string of the molecule is O=C(Nc1ccc(Oc2ccc(-c3cnc(N4CCCC4=O)s3)nc2)nc1)Nc1cc(C(F)(F)F)cnc1-c1ccccc1. The first-order valence-corrected chi connectivity index (χ1v) is 14.1. The van der Waals surface area contributed by atoms with Crippen molar-refractivity contribution in [3.8, 4) is 33.5 Å². The van der Waals surface area contributed by atoms with E-state index in [0.29, 0.717) is 35.1 Å². The molecule has 0 bridgehead atoms. The minimum atomic E-state index is -4.63. The summed E-state index contributed by atoms with van der Waals surface area (Å²) in [5, 5.41) is 5.66. The molecule has 5 heterocycles. The number of rotatable bonds is 7. The van der Waals surface area contributed by atoms with Gasteiger partial charge >= 0.3 is 12.2 Å². The number of amides is 3. The van der Waals surface area contributed by atoms with Gasteiger partial charge in [0.15, 0.2) is 5.13 Å². The molecule has 1 aliphatic heterocycles. The second-order valence-corrected chi connectivity index (χ2v) is 10.6. The molecule has 0 saturated carbocycles. The molecule has 0 atom stereocenters. The predicted octanol–water partition coefficient (Wildman–Crippen LogP) is 7.24. The minimum Gasteiger partial charge on any atom is -0.437 e. The van der Waals surface area contributed by atoms with Crippen molar-refractivity contribution in [2.75, 3.05) is 22.1 Å². The molecule has 5 aromatic rings. The highest BCUT2D eigenvalue weighted by atomic mass is 32.1. The maximum atomic E-state index is 13.3. The van der Waals surface area contributed by atoms with Crippen LogP contribution >= 0.6 is 11.3 Å². The molecule has 2 N–H and O–H groups in total. The van der Waals surface area contributed by atoms with E-state index in [0.717, 1.165) is 23.6 Å². The van der Waals surface area contributed by atoms with Crippen molar-refractivity contribution in [3.63, 3.8) is 0 Å². The molecule has 6 rings (SSSR count). The van der Waals surface area contributed by atoms with Crippen LogP contribution in [-0.4, -0.2) is 38.4 Å². The lowest BCUT2D eigenvalue weighted by atomic mass is 10.1. The van der Waals surface area contributed by atoms with E-state index in [1.807, 2.05) is 0 Å². The van der Waals surface area contributed by atoms with Crippen LogP contribution in [0.1, 0.15) is 18.4 Å². The third kappa shape index (κ3) is 6.49. The normalized spacial score (nSPS) is 13.2. The second kappa shape index (κ2) is 12.1. The topological polar surface area (TPSA) is 122 Å². The van der Waals surface area contributed by atoms with E-state index in [1.165, 1.54) is 35.9 Å². The van der Waals surface area contributed by atoms with Crippen molar-refractivity contribution in [2.24, 2.45) is 0 Å². The fraction of sp³-hybridized carbons (Fsp3) is 0.133. The first kappa shape index (κ1) is 28.7. The molecule has 1 aliphatic rings. The number of anilines is 3. The van der Waals surface area contributed by atoms with E-state index < -0.39 is 17.8 Å². The summed E-state index contributed by atoms with van der Waals surface area (Å²) in [6.07, 6.45) is 2.01. The van der Waals surface area contributed by atoms with Gasteiger partial charge < -0.3 is 15.4 Å². The zero-order valence-corrected chi connectivity index (χ0v) is 23.5. The Morgan fingerprint density at radius 2 is 1.75 bits per heavy atom. The summed E-state index contributed by atoms with van der Waals surface area (Å²) in [7, 11) is 0. The van der Waals surface area contributed by atoms with Crippen LogP contribution < -0.4 is 20.3 Å². The maximum Gasteiger partial charge on any atom is 0.417 e. The summed E-state index contributed by atoms with van der Waals surface area (Å²) in [5.74, 6) is 0.721. The summed E-state index contributed by atoms with van der Waals surface area (Å²) < 4.78 is 45.8. The van der Waals surface area contributed by atoms with Crippen molar-refractivity contribution >= 4 is 39.8 Å². The smallest absolute Gasteiger partial charge is 0.417 e. The van der Waals surface area contributed by atoms with E-state index in [2.05, 4.69) is 30.6 Å². The monoisotopic (exact) mass is 617 g/mol. The number of hydrogen-bond acceptors (Lipinski definition) is 8. The number of urea groups is 1. The third-order valence-electron chi connectivity index (χ3n) is 6.51. The number of carbonyl (C=O) groups is 2. The van der Waals surface area contributed by atoms with Gasteiger partial charge in [0.25, 0.3) is 0 Å². The van der Waals surface area contributed by atoms with Crippen LogP contribution in [0.15, 0.2) is 85.5 Å². The Bertz CT molecular complexity index is 1800. The lowest BCUT2D eigenvalue weighted by molar-refractivity contribution is -0.137. The summed E-state index contributed by atoms with van der Waals surface area (Å²) in [6.45, 7) is 0.667. The molecular weight excluding hydrogens is 595 g/mol. The van der Waals surface area contributed by atoms with Gasteiger partial charge in [-0.1, -0.05) is 41.7 Å². The number of halogens is 3. The first-order chi connectivity index (χ1) is 21.2. The fourth-order valence-electron chi connectivity index (χ4n) is 4.41. The molecule has 14 heteroatoms. The van der Waals surface area contributed by atoms with Crippen LogP contribution in [0.3, 0.4) is 0 Å². The number of pyridine rings is 3. The molecule has 1 saturated heterocycles. The molecular formula is C30H22F3N7O3S. The quantitative estimate of drug-likeness (QED) is 0.197. The Morgan fingerprint density at radius 1 is 0.909 bits per heavy atom. The van der Waals surface area contributed by atoms with E-state index in [-0.39, 0.29) is 28.9 Å². The standard InChI is InChI=1S/C30H22F3N7O3S/c31-30(32,33)19-13-23(27(36-14-19)18-5-2-1-3-6-18)39-28(42)38-20-8-11-25(35-15-20)43-21-9-10-22(34-16-21)24-17-37-29(44-24)40-12-4-7-26(40)41/h1-3,5-6,8-11,13-17H,4,7,12H2,(H2,38,39,42). The lowest BCUT2D eigenvalue weighted by Crippen LogP contribution is -2.23. The number of thiazole rings is 1. The summed E-state index contributed by atoms with van der Waals surface area (Å²) >= 11 is 1.39. The van der Waals surface area contributed by atoms with Gasteiger partial charge in [-0.15, -0.1) is 0 Å². The molecule has 44 heavy (non-hydrogen) atoms. The number of aromatic nitrogens is 4. The van der Waals surface area contributed by atoms with E-state index in [1.54, 1.807) is 53.6 Å². The number of nitrogens with one attached hydrogen (secondary N) is 2. The van der Waals surface area contributed by atoms with Gasteiger partial charge in [-0.05, 0) is 30.7 Å². The van der Waals surface area contributed by atoms with Gasteiger partial charge in [0, 0.05) is 37.0 Å². The zero-order valence-electron chi connectivity index (χ0n) is 22.7. The molecule has 0 radical (unpaired) electrons. The molecule has 1 aromatic carbocycles. The highest BCUT2D eigenvalue weighted by Crippen LogP contribution is 2.35. The van der Waals surface area contributed by atoms with Gasteiger partial charge in [-0.25, -0.2) is 14.8 Å². The number of benzene rings is 1. The average Bonchev–Trinajstić information content (AvgIpc) is 3.67. The van der Waals surface area contributed by atoms with Crippen LogP contribution in [-0.2, 0) is 11.0 Å². The van der Waals surface area contributed by atoms with Crippen LogP contribution in [0.4, 0.5) is 34.5 Å². The van der Waals surface area contributed by atoms with Crippen molar-refractivity contribution < 1.29 is 27.5 Å². The van der Waals surface area contributed by atoms with E-state index >= 15 is 0 Å². The van der Waals surface area contributed by atoms with Crippen LogP contribution in [0.2, 0.25) is 0 Å². The number of carbonyl (C=O) groups excluding carboxylic acids is 2. The second-order valence-electron chi connectivity index (χ2n) is 9.59. The molecule has 10 nitrogen and oxygen atoms in total. The van der Waals surface area contributed by atoms with E-state index in [9.17, 15) is 22.8 Å². The number of nitrogens with zero attached hydrogens (tertiary/aromatic N) is 5. The summed E-state index contributed by atoms with van der Waals surface area (Å²) in [4.78, 5) is 44.1. The van der Waals surface area contributed by atoms with Crippen molar-refractivity contribution in [3.05, 3.63) is 91.0 Å². The van der Waals surface area contributed by atoms with Crippen molar-refractivity contribution in [1.29, 1.82) is 0 Å². The largest absolute Gasteiger partial charge is 0.437 e. The molecule has 1 fully saturated rings. The van der Waals surface area contributed by atoms with Gasteiger partial charge in [-0.2, -0.15) is 13.2 Å². The molecule has 0 aliphatic carbocycles.